The fraction of sp³-hybridized carbons (Fsp3) is 0.636. The van der Waals surface area contributed by atoms with E-state index in [4.69, 9.17) is 5.73 Å². The van der Waals surface area contributed by atoms with Crippen LogP contribution >= 0.6 is 0 Å². The molecule has 1 heterocycles. The molecule has 1 aliphatic carbocycles. The van der Waals surface area contributed by atoms with Gasteiger partial charge in [-0.2, -0.15) is 5.10 Å². The Bertz CT molecular complexity index is 381. The summed E-state index contributed by atoms with van der Waals surface area (Å²) in [7, 11) is 1.72. The van der Waals surface area contributed by atoms with Crippen molar-refractivity contribution in [2.45, 2.75) is 25.7 Å². The Morgan fingerprint density at radius 2 is 2.44 bits per heavy atom. The Morgan fingerprint density at radius 1 is 1.69 bits per heavy atom. The first-order chi connectivity index (χ1) is 7.68. The maximum atomic E-state index is 11.7. The van der Waals surface area contributed by atoms with Gasteiger partial charge in [-0.3, -0.25) is 9.48 Å². The van der Waals surface area contributed by atoms with Gasteiger partial charge >= 0.3 is 0 Å². The van der Waals surface area contributed by atoms with Crippen molar-refractivity contribution in [2.75, 3.05) is 12.3 Å². The Kier molecular flexibility index (Phi) is 3.12. The number of rotatable bonds is 5. The van der Waals surface area contributed by atoms with Crippen LogP contribution in [0, 0.1) is 5.92 Å². The Balaban J connectivity index is 1.76. The Hall–Kier alpha value is -1.52. The van der Waals surface area contributed by atoms with E-state index in [1.54, 1.807) is 7.05 Å². The van der Waals surface area contributed by atoms with Gasteiger partial charge in [0.1, 0.15) is 11.4 Å². The zero-order valence-corrected chi connectivity index (χ0v) is 9.57. The summed E-state index contributed by atoms with van der Waals surface area (Å²) < 4.78 is 1.50. The van der Waals surface area contributed by atoms with Gasteiger partial charge in [0, 0.05) is 13.6 Å². The van der Waals surface area contributed by atoms with Crippen LogP contribution in [0.25, 0.3) is 0 Å². The van der Waals surface area contributed by atoms with Gasteiger partial charge in [0.05, 0.1) is 6.20 Å². The predicted octanol–water partition coefficient (Wildman–Crippen LogP) is 0.922. The smallest absolute Gasteiger partial charge is 0.256 e. The molecule has 1 saturated carbocycles. The molecule has 0 bridgehead atoms. The molecule has 1 aliphatic rings. The monoisotopic (exact) mass is 222 g/mol. The third-order valence-corrected chi connectivity index (χ3v) is 3.00. The maximum absolute atomic E-state index is 11.7. The molecular formula is C11H18N4O. The van der Waals surface area contributed by atoms with Crippen molar-refractivity contribution in [2.24, 2.45) is 13.0 Å². The molecule has 0 aromatic carbocycles. The van der Waals surface area contributed by atoms with Crippen molar-refractivity contribution < 1.29 is 4.79 Å². The number of aryl methyl sites for hydroxylation is 1. The summed E-state index contributed by atoms with van der Waals surface area (Å²) >= 11 is 0. The molecule has 0 radical (unpaired) electrons. The summed E-state index contributed by atoms with van der Waals surface area (Å²) in [4.78, 5) is 11.7. The largest absolute Gasteiger partial charge is 0.383 e. The standard InChI is InChI=1S/C11H18N4O/c1-15-10(12)9(7-14-15)11(16)13-6-2-3-8-4-5-8/h7-8H,2-6,12H2,1H3,(H,13,16). The molecular weight excluding hydrogens is 204 g/mol. The zero-order chi connectivity index (χ0) is 11.5. The number of hydrogen-bond acceptors (Lipinski definition) is 3. The van der Waals surface area contributed by atoms with Crippen LogP contribution in [0.2, 0.25) is 0 Å². The quantitative estimate of drug-likeness (QED) is 0.728. The minimum absolute atomic E-state index is 0.124. The van der Waals surface area contributed by atoms with Crippen molar-refractivity contribution in [3.05, 3.63) is 11.8 Å². The van der Waals surface area contributed by atoms with Gasteiger partial charge < -0.3 is 11.1 Å². The van der Waals surface area contributed by atoms with Crippen molar-refractivity contribution in [3.63, 3.8) is 0 Å². The summed E-state index contributed by atoms with van der Waals surface area (Å²) in [6.45, 7) is 0.726. The van der Waals surface area contributed by atoms with Gasteiger partial charge in [-0.25, -0.2) is 0 Å². The second-order valence-electron chi connectivity index (χ2n) is 4.41. The van der Waals surface area contributed by atoms with Crippen LogP contribution in [0.5, 0.6) is 0 Å². The van der Waals surface area contributed by atoms with E-state index in [1.165, 1.54) is 30.1 Å². The number of anilines is 1. The highest BCUT2D eigenvalue weighted by Crippen LogP contribution is 2.33. The number of carbonyl (C=O) groups excluding carboxylic acids is 1. The van der Waals surface area contributed by atoms with Crippen LogP contribution in [0.4, 0.5) is 5.82 Å². The van der Waals surface area contributed by atoms with Gasteiger partial charge in [0.25, 0.3) is 5.91 Å². The van der Waals surface area contributed by atoms with Gasteiger partial charge in [0.2, 0.25) is 0 Å². The third-order valence-electron chi connectivity index (χ3n) is 3.00. The number of nitrogens with zero attached hydrogens (tertiary/aromatic N) is 2. The number of aromatic nitrogens is 2. The predicted molar refractivity (Wildman–Crippen MR) is 61.9 cm³/mol. The van der Waals surface area contributed by atoms with Crippen LogP contribution < -0.4 is 11.1 Å². The van der Waals surface area contributed by atoms with Crippen LogP contribution in [0.15, 0.2) is 6.20 Å². The van der Waals surface area contributed by atoms with Crippen molar-refractivity contribution in [3.8, 4) is 0 Å². The van der Waals surface area contributed by atoms with Crippen molar-refractivity contribution >= 4 is 11.7 Å². The molecule has 5 nitrogen and oxygen atoms in total. The molecule has 3 N–H and O–H groups in total. The second kappa shape index (κ2) is 4.55. The normalized spacial score (nSPS) is 15.1. The number of nitrogens with one attached hydrogen (secondary N) is 1. The Labute approximate surface area is 95.0 Å². The van der Waals surface area contributed by atoms with E-state index in [9.17, 15) is 4.79 Å². The van der Waals surface area contributed by atoms with Gasteiger partial charge in [-0.05, 0) is 18.8 Å². The molecule has 1 amide bonds. The molecule has 0 atom stereocenters. The zero-order valence-electron chi connectivity index (χ0n) is 9.57. The van der Waals surface area contributed by atoms with E-state index in [1.807, 2.05) is 0 Å². The van der Waals surface area contributed by atoms with Crippen LogP contribution in [0.1, 0.15) is 36.0 Å². The van der Waals surface area contributed by atoms with Crippen molar-refractivity contribution in [1.82, 2.24) is 15.1 Å². The van der Waals surface area contributed by atoms with E-state index < -0.39 is 0 Å². The Morgan fingerprint density at radius 3 is 3.00 bits per heavy atom. The summed E-state index contributed by atoms with van der Waals surface area (Å²) in [5.41, 5.74) is 6.17. The molecule has 1 fully saturated rings. The highest BCUT2D eigenvalue weighted by atomic mass is 16.1. The first kappa shape index (κ1) is 11.0. The first-order valence-corrected chi connectivity index (χ1v) is 5.74. The van der Waals surface area contributed by atoms with Gasteiger partial charge in [0.15, 0.2) is 0 Å². The summed E-state index contributed by atoms with van der Waals surface area (Å²) in [5, 5.41) is 6.80. The molecule has 0 aliphatic heterocycles. The van der Waals surface area contributed by atoms with E-state index in [0.717, 1.165) is 18.9 Å². The van der Waals surface area contributed by atoms with Crippen LogP contribution in [-0.2, 0) is 7.05 Å². The number of carbonyl (C=O) groups is 1. The minimum Gasteiger partial charge on any atom is -0.383 e. The molecule has 0 unspecified atom stereocenters. The lowest BCUT2D eigenvalue weighted by atomic mass is 10.2. The lowest BCUT2D eigenvalue weighted by Crippen LogP contribution is -2.25. The molecule has 5 heteroatoms. The van der Waals surface area contributed by atoms with Crippen LogP contribution in [-0.4, -0.2) is 22.2 Å². The topological polar surface area (TPSA) is 72.9 Å². The van der Waals surface area contributed by atoms with Crippen LogP contribution in [0.3, 0.4) is 0 Å². The number of amides is 1. The molecule has 0 saturated heterocycles. The second-order valence-corrected chi connectivity index (χ2v) is 4.41. The number of nitrogens with two attached hydrogens (primary N) is 1. The fourth-order valence-corrected chi connectivity index (χ4v) is 1.72. The van der Waals surface area contributed by atoms with E-state index in [-0.39, 0.29) is 5.91 Å². The van der Waals surface area contributed by atoms with E-state index in [2.05, 4.69) is 10.4 Å². The summed E-state index contributed by atoms with van der Waals surface area (Å²) in [5.74, 6) is 1.21. The summed E-state index contributed by atoms with van der Waals surface area (Å²) in [6, 6.07) is 0. The highest BCUT2D eigenvalue weighted by molar-refractivity contribution is 5.98. The lowest BCUT2D eigenvalue weighted by Gasteiger charge is -2.04. The van der Waals surface area contributed by atoms with Gasteiger partial charge in [-0.15, -0.1) is 0 Å². The molecule has 1 aromatic rings. The molecule has 88 valence electrons. The fourth-order valence-electron chi connectivity index (χ4n) is 1.72. The number of nitrogen functional groups attached to an aromatic ring is 1. The first-order valence-electron chi connectivity index (χ1n) is 5.74. The third kappa shape index (κ3) is 2.53. The van der Waals surface area contributed by atoms with Crippen molar-refractivity contribution in [1.29, 1.82) is 0 Å². The van der Waals surface area contributed by atoms with Gasteiger partial charge in [-0.1, -0.05) is 12.8 Å². The molecule has 2 rings (SSSR count). The maximum Gasteiger partial charge on any atom is 0.256 e. The number of hydrogen-bond donors (Lipinski definition) is 2. The lowest BCUT2D eigenvalue weighted by molar-refractivity contribution is 0.0953. The highest BCUT2D eigenvalue weighted by Gasteiger charge is 2.20. The summed E-state index contributed by atoms with van der Waals surface area (Å²) in [6.07, 6.45) is 6.51. The molecule has 0 spiro atoms. The average Bonchev–Trinajstić information content (AvgIpc) is 3.02. The average molecular weight is 222 g/mol. The van der Waals surface area contributed by atoms with E-state index >= 15 is 0 Å². The molecule has 16 heavy (non-hydrogen) atoms. The molecule has 1 aromatic heterocycles. The van der Waals surface area contributed by atoms with E-state index in [0.29, 0.717) is 11.4 Å². The SMILES string of the molecule is Cn1ncc(C(=O)NCCCC2CC2)c1N. The minimum atomic E-state index is -0.124.